The van der Waals surface area contributed by atoms with Crippen molar-refractivity contribution < 1.29 is 4.79 Å². The monoisotopic (exact) mass is 627 g/mol. The number of anilines is 2. The Bertz CT molecular complexity index is 1620. The van der Waals surface area contributed by atoms with Gasteiger partial charge in [0.1, 0.15) is 11.3 Å². The molecule has 4 aromatic rings. The molecule has 2 aromatic carbocycles. The molecule has 2 amide bonds. The smallest absolute Gasteiger partial charge is 0.307 e. The van der Waals surface area contributed by atoms with Crippen LogP contribution in [0.2, 0.25) is 0 Å². The lowest BCUT2D eigenvalue weighted by atomic mass is 9.92. The van der Waals surface area contributed by atoms with Crippen LogP contribution in [0, 0.1) is 0 Å². The van der Waals surface area contributed by atoms with Crippen molar-refractivity contribution >= 4 is 40.2 Å². The van der Waals surface area contributed by atoms with Gasteiger partial charge in [-0.1, -0.05) is 85.2 Å². The largest absolute Gasteiger partial charge is 0.326 e. The Hall–Kier alpha value is -3.62. The highest BCUT2D eigenvalue weighted by Gasteiger charge is 2.27. The number of nitrogens with zero attached hydrogens (tertiary/aromatic N) is 3. The van der Waals surface area contributed by atoms with Crippen LogP contribution in [-0.4, -0.2) is 52.8 Å². The molecule has 7 nitrogen and oxygen atoms in total. The number of unbranched alkanes of at least 4 members (excludes halogenated alkanes) is 1. The number of H-pyrrole nitrogens is 1. The van der Waals surface area contributed by atoms with Crippen molar-refractivity contribution in [1.29, 1.82) is 0 Å². The minimum Gasteiger partial charge on any atom is -0.307 e. The predicted molar refractivity (Wildman–Crippen MR) is 192 cm³/mol. The summed E-state index contributed by atoms with van der Waals surface area (Å²) in [4.78, 5) is 41.1. The number of benzene rings is 2. The van der Waals surface area contributed by atoms with Crippen LogP contribution in [0.5, 0.6) is 0 Å². The van der Waals surface area contributed by atoms with Crippen molar-refractivity contribution in [2.75, 3.05) is 42.1 Å². The Morgan fingerprint density at radius 2 is 1.62 bits per heavy atom. The van der Waals surface area contributed by atoms with Gasteiger partial charge in [0, 0.05) is 46.6 Å². The number of aromatic amines is 1. The number of urea groups is 1. The summed E-state index contributed by atoms with van der Waals surface area (Å²) in [6.07, 6.45) is 3.31. The third-order valence-electron chi connectivity index (χ3n) is 8.31. The van der Waals surface area contributed by atoms with Gasteiger partial charge in [0.2, 0.25) is 0 Å². The third kappa shape index (κ3) is 8.16. The number of rotatable bonds is 14. The van der Waals surface area contributed by atoms with Gasteiger partial charge in [-0.15, -0.1) is 11.8 Å². The molecule has 0 aliphatic heterocycles. The van der Waals surface area contributed by atoms with Crippen molar-refractivity contribution in [3.05, 3.63) is 82.3 Å². The minimum atomic E-state index is -0.330. The first kappa shape index (κ1) is 34.3. The molecule has 0 unspecified atom stereocenters. The summed E-state index contributed by atoms with van der Waals surface area (Å²) >= 11 is 1.81. The molecule has 2 N–H and O–H groups in total. The van der Waals surface area contributed by atoms with Gasteiger partial charge in [-0.25, -0.2) is 9.78 Å². The average molecular weight is 628 g/mol. The number of aromatic nitrogens is 2. The summed E-state index contributed by atoms with van der Waals surface area (Å²) < 4.78 is 0. The molecule has 0 aliphatic carbocycles. The SMILES string of the molecule is CCCCN(C(=O)Nc1c(C(C)C)cccc1C(C)C)c1c(-c2cccc(SCCN(CC)CC)c2)c2cccnc2[nH]c1=O. The van der Waals surface area contributed by atoms with E-state index in [1.807, 2.05) is 24.3 Å². The van der Waals surface area contributed by atoms with E-state index < -0.39 is 0 Å². The van der Waals surface area contributed by atoms with Crippen LogP contribution < -0.4 is 15.8 Å². The van der Waals surface area contributed by atoms with Gasteiger partial charge in [-0.3, -0.25) is 9.69 Å². The summed E-state index contributed by atoms with van der Waals surface area (Å²) in [6, 6.07) is 18.1. The van der Waals surface area contributed by atoms with Crippen molar-refractivity contribution in [2.24, 2.45) is 0 Å². The van der Waals surface area contributed by atoms with Gasteiger partial charge < -0.3 is 15.2 Å². The molecule has 8 heteroatoms. The zero-order chi connectivity index (χ0) is 32.5. The van der Waals surface area contributed by atoms with Gasteiger partial charge in [0.25, 0.3) is 5.56 Å². The lowest BCUT2D eigenvalue weighted by molar-refractivity contribution is 0.256. The average Bonchev–Trinajstić information content (AvgIpc) is 3.03. The Kier molecular flexibility index (Phi) is 12.3. The maximum Gasteiger partial charge on any atom is 0.326 e. The quantitative estimate of drug-likeness (QED) is 0.136. The molecule has 45 heavy (non-hydrogen) atoms. The Morgan fingerprint density at radius 1 is 0.933 bits per heavy atom. The molecule has 4 rings (SSSR count). The van der Waals surface area contributed by atoms with Gasteiger partial charge >= 0.3 is 6.03 Å². The summed E-state index contributed by atoms with van der Waals surface area (Å²) in [6.45, 7) is 18.5. The number of fused-ring (bicyclic) bond motifs is 1. The minimum absolute atomic E-state index is 0.218. The molecule has 0 radical (unpaired) electrons. The number of hydrogen-bond acceptors (Lipinski definition) is 5. The van der Waals surface area contributed by atoms with E-state index in [1.54, 1.807) is 22.9 Å². The maximum atomic E-state index is 14.4. The third-order valence-corrected chi connectivity index (χ3v) is 9.28. The van der Waals surface area contributed by atoms with Crippen LogP contribution in [0.1, 0.15) is 84.3 Å². The normalized spacial score (nSPS) is 11.6. The molecular weight excluding hydrogens is 579 g/mol. The molecule has 0 atom stereocenters. The van der Waals surface area contributed by atoms with Crippen molar-refractivity contribution in [2.45, 2.75) is 78.0 Å². The fraction of sp³-hybridized carbons (Fsp3) is 0.432. The molecule has 0 saturated carbocycles. The molecule has 240 valence electrons. The van der Waals surface area contributed by atoms with E-state index in [9.17, 15) is 9.59 Å². The van der Waals surface area contributed by atoms with Gasteiger partial charge in [-0.2, -0.15) is 0 Å². The number of amides is 2. The van der Waals surface area contributed by atoms with Crippen LogP contribution >= 0.6 is 11.8 Å². The van der Waals surface area contributed by atoms with Gasteiger partial charge in [0.15, 0.2) is 0 Å². The Labute approximate surface area is 272 Å². The highest BCUT2D eigenvalue weighted by molar-refractivity contribution is 7.99. The number of carbonyl (C=O) groups is 1. The van der Waals surface area contributed by atoms with Crippen LogP contribution in [0.4, 0.5) is 16.2 Å². The van der Waals surface area contributed by atoms with E-state index in [2.05, 4.69) is 99.0 Å². The number of nitrogens with one attached hydrogen (secondary N) is 2. The second-order valence-electron chi connectivity index (χ2n) is 12.0. The molecular formula is C37H49N5O2S. The van der Waals surface area contributed by atoms with E-state index in [0.717, 1.165) is 76.5 Å². The summed E-state index contributed by atoms with van der Waals surface area (Å²) in [7, 11) is 0. The molecule has 2 aromatic heterocycles. The fourth-order valence-corrected chi connectivity index (χ4v) is 6.71. The number of pyridine rings is 2. The molecule has 0 saturated heterocycles. The predicted octanol–water partition coefficient (Wildman–Crippen LogP) is 9.11. The Morgan fingerprint density at radius 3 is 2.27 bits per heavy atom. The van der Waals surface area contributed by atoms with E-state index in [1.165, 1.54) is 0 Å². The molecule has 0 spiro atoms. The van der Waals surface area contributed by atoms with Crippen LogP contribution in [0.25, 0.3) is 22.2 Å². The molecule has 0 bridgehead atoms. The zero-order valence-corrected chi connectivity index (χ0v) is 28.8. The number of hydrogen-bond donors (Lipinski definition) is 2. The number of thioether (sulfide) groups is 1. The number of para-hydroxylation sites is 1. The molecule has 0 fully saturated rings. The first-order chi connectivity index (χ1) is 21.7. The summed E-state index contributed by atoms with van der Waals surface area (Å²) in [5.41, 5.74) is 5.13. The molecule has 2 heterocycles. The topological polar surface area (TPSA) is 81.3 Å². The first-order valence-electron chi connectivity index (χ1n) is 16.4. The Balaban J connectivity index is 1.85. The first-order valence-corrected chi connectivity index (χ1v) is 17.4. The maximum absolute atomic E-state index is 14.4. The second-order valence-corrected chi connectivity index (χ2v) is 13.2. The number of carbonyl (C=O) groups excluding carboxylic acids is 1. The summed E-state index contributed by atoms with van der Waals surface area (Å²) in [5.74, 6) is 1.40. The lowest BCUT2D eigenvalue weighted by Crippen LogP contribution is -2.40. The lowest BCUT2D eigenvalue weighted by Gasteiger charge is -2.28. The van der Waals surface area contributed by atoms with E-state index in [-0.39, 0.29) is 23.4 Å². The van der Waals surface area contributed by atoms with Crippen molar-refractivity contribution in [1.82, 2.24) is 14.9 Å². The van der Waals surface area contributed by atoms with E-state index in [4.69, 9.17) is 0 Å². The van der Waals surface area contributed by atoms with E-state index in [0.29, 0.717) is 17.9 Å². The standard InChI is InChI=1S/C37H49N5O2S/c1-8-11-21-42(37(44)39-33-29(25(4)5)17-13-18-30(33)26(6)7)34-32(31-19-14-20-38-35(31)40-36(34)43)27-15-12-16-28(24-27)45-23-22-41(9-2)10-3/h12-20,24-26H,8-11,21-23H2,1-7H3,(H,39,44)(H,38,40,43). The van der Waals surface area contributed by atoms with Crippen molar-refractivity contribution in [3.63, 3.8) is 0 Å². The van der Waals surface area contributed by atoms with Crippen LogP contribution in [-0.2, 0) is 0 Å². The molecule has 0 aliphatic rings. The second kappa shape index (κ2) is 16.1. The van der Waals surface area contributed by atoms with Crippen LogP contribution in [0.3, 0.4) is 0 Å². The van der Waals surface area contributed by atoms with Crippen molar-refractivity contribution in [3.8, 4) is 11.1 Å². The van der Waals surface area contributed by atoms with Gasteiger partial charge in [-0.05, 0) is 72.3 Å². The van der Waals surface area contributed by atoms with Crippen LogP contribution in [0.15, 0.2) is 70.5 Å². The highest BCUT2D eigenvalue weighted by atomic mass is 32.2. The summed E-state index contributed by atoms with van der Waals surface area (Å²) in [5, 5.41) is 4.08. The zero-order valence-electron chi connectivity index (χ0n) is 27.9. The van der Waals surface area contributed by atoms with Gasteiger partial charge in [0.05, 0.1) is 0 Å². The fourth-order valence-electron chi connectivity index (χ4n) is 5.74. The van der Waals surface area contributed by atoms with E-state index >= 15 is 0 Å². The highest BCUT2D eigenvalue weighted by Crippen LogP contribution is 2.37.